The van der Waals surface area contributed by atoms with Gasteiger partial charge in [0.1, 0.15) is 0 Å². The summed E-state index contributed by atoms with van der Waals surface area (Å²) < 4.78 is 1.54. The third kappa shape index (κ3) is 2.89. The molecule has 6 nitrogen and oxygen atoms in total. The minimum atomic E-state index is -0.990. The molecule has 23 heavy (non-hydrogen) atoms. The van der Waals surface area contributed by atoms with Crippen LogP contribution in [0.1, 0.15) is 15.9 Å². The van der Waals surface area contributed by atoms with E-state index in [1.807, 2.05) is 32.3 Å². The van der Waals surface area contributed by atoms with E-state index in [-0.39, 0.29) is 11.3 Å². The number of nitrogens with one attached hydrogen (secondary N) is 1. The van der Waals surface area contributed by atoms with Gasteiger partial charge in [0.2, 0.25) is 0 Å². The predicted octanol–water partition coefficient (Wildman–Crippen LogP) is 2.08. The third-order valence-electron chi connectivity index (χ3n) is 3.62. The van der Waals surface area contributed by atoms with Gasteiger partial charge in [0.05, 0.1) is 22.3 Å². The fourth-order valence-electron chi connectivity index (χ4n) is 2.63. The number of imidazole rings is 1. The summed E-state index contributed by atoms with van der Waals surface area (Å²) in [5, 5.41) is 8.96. The van der Waals surface area contributed by atoms with Crippen LogP contribution in [-0.4, -0.2) is 39.6 Å². The van der Waals surface area contributed by atoms with Crippen LogP contribution in [0.2, 0.25) is 0 Å². The first kappa shape index (κ1) is 15.1. The Labute approximate surface area is 132 Å². The van der Waals surface area contributed by atoms with Crippen LogP contribution in [-0.2, 0) is 6.54 Å². The standard InChI is InChI=1S/C17H17N3O3/c1-19(2)10-11-3-8-15-14(9-11)18-17(23)20(15)13-6-4-12(5-7-13)16(21)22/h3-9H,10H2,1-2H3,(H,18,23)(H,21,22). The highest BCUT2D eigenvalue weighted by Gasteiger charge is 2.10. The molecule has 3 rings (SSSR count). The van der Waals surface area contributed by atoms with Crippen LogP contribution in [0.25, 0.3) is 16.7 Å². The molecule has 6 heteroatoms. The molecule has 0 fully saturated rings. The molecule has 0 aliphatic rings. The van der Waals surface area contributed by atoms with Gasteiger partial charge in [-0.2, -0.15) is 0 Å². The average Bonchev–Trinajstić information content (AvgIpc) is 2.81. The molecule has 0 aliphatic heterocycles. The summed E-state index contributed by atoms with van der Waals surface area (Å²) in [5.41, 5.74) is 3.21. The van der Waals surface area contributed by atoms with Crippen molar-refractivity contribution >= 4 is 17.0 Å². The van der Waals surface area contributed by atoms with E-state index >= 15 is 0 Å². The number of carboxylic acid groups (broad SMARTS) is 1. The molecule has 0 spiro atoms. The molecule has 1 heterocycles. The number of rotatable bonds is 4. The largest absolute Gasteiger partial charge is 0.478 e. The highest BCUT2D eigenvalue weighted by Crippen LogP contribution is 2.18. The summed E-state index contributed by atoms with van der Waals surface area (Å²) in [4.78, 5) is 28.1. The molecule has 0 amide bonds. The van der Waals surface area contributed by atoms with Crippen molar-refractivity contribution in [3.05, 3.63) is 64.1 Å². The Balaban J connectivity index is 2.08. The number of H-pyrrole nitrogens is 1. The van der Waals surface area contributed by atoms with Crippen molar-refractivity contribution in [3.8, 4) is 5.69 Å². The van der Waals surface area contributed by atoms with Crippen LogP contribution in [0.15, 0.2) is 47.3 Å². The second-order valence-electron chi connectivity index (χ2n) is 5.71. The predicted molar refractivity (Wildman–Crippen MR) is 88.2 cm³/mol. The Bertz CT molecular complexity index is 920. The van der Waals surface area contributed by atoms with E-state index in [2.05, 4.69) is 9.88 Å². The van der Waals surface area contributed by atoms with Gasteiger partial charge in [0.15, 0.2) is 0 Å². The van der Waals surface area contributed by atoms with Gasteiger partial charge < -0.3 is 15.0 Å². The number of hydrogen-bond donors (Lipinski definition) is 2. The third-order valence-corrected chi connectivity index (χ3v) is 3.62. The molecule has 0 atom stereocenters. The number of carbonyl (C=O) groups is 1. The van der Waals surface area contributed by atoms with Gasteiger partial charge in [-0.15, -0.1) is 0 Å². The van der Waals surface area contributed by atoms with Crippen LogP contribution in [0.4, 0.5) is 0 Å². The molecular weight excluding hydrogens is 294 g/mol. The van der Waals surface area contributed by atoms with Crippen molar-refractivity contribution in [2.75, 3.05) is 14.1 Å². The molecule has 2 aromatic carbocycles. The van der Waals surface area contributed by atoms with Gasteiger partial charge >= 0.3 is 11.7 Å². The Morgan fingerprint density at radius 3 is 2.48 bits per heavy atom. The van der Waals surface area contributed by atoms with Gasteiger partial charge in [-0.3, -0.25) is 4.57 Å². The second-order valence-corrected chi connectivity index (χ2v) is 5.71. The number of aromatic nitrogens is 2. The Kier molecular flexibility index (Phi) is 3.75. The van der Waals surface area contributed by atoms with Crippen LogP contribution in [0, 0.1) is 0 Å². The maximum Gasteiger partial charge on any atom is 0.335 e. The van der Waals surface area contributed by atoms with Crippen molar-refractivity contribution in [2.45, 2.75) is 6.54 Å². The summed E-state index contributed by atoms with van der Waals surface area (Å²) in [6, 6.07) is 12.1. The van der Waals surface area contributed by atoms with Crippen LogP contribution in [0.3, 0.4) is 0 Å². The molecule has 0 saturated heterocycles. The van der Waals surface area contributed by atoms with Crippen molar-refractivity contribution in [1.29, 1.82) is 0 Å². The van der Waals surface area contributed by atoms with E-state index in [1.54, 1.807) is 16.7 Å². The van der Waals surface area contributed by atoms with Crippen LogP contribution in [0.5, 0.6) is 0 Å². The molecule has 0 radical (unpaired) electrons. The summed E-state index contributed by atoms with van der Waals surface area (Å²) in [6.07, 6.45) is 0. The second kappa shape index (κ2) is 5.73. The zero-order chi connectivity index (χ0) is 16.6. The molecule has 1 aromatic heterocycles. The van der Waals surface area contributed by atoms with Crippen molar-refractivity contribution in [2.24, 2.45) is 0 Å². The zero-order valence-electron chi connectivity index (χ0n) is 12.9. The summed E-state index contributed by atoms with van der Waals surface area (Å²) in [6.45, 7) is 0.788. The summed E-state index contributed by atoms with van der Waals surface area (Å²) in [7, 11) is 3.98. The molecule has 0 saturated carbocycles. The Morgan fingerprint density at radius 2 is 1.87 bits per heavy atom. The van der Waals surface area contributed by atoms with E-state index in [4.69, 9.17) is 5.11 Å². The molecular formula is C17H17N3O3. The van der Waals surface area contributed by atoms with Gasteiger partial charge in [0, 0.05) is 6.54 Å². The van der Waals surface area contributed by atoms with Crippen molar-refractivity contribution in [1.82, 2.24) is 14.5 Å². The highest BCUT2D eigenvalue weighted by atomic mass is 16.4. The fourth-order valence-corrected chi connectivity index (χ4v) is 2.63. The normalized spacial score (nSPS) is 11.3. The molecule has 118 valence electrons. The Morgan fingerprint density at radius 1 is 1.17 bits per heavy atom. The zero-order valence-corrected chi connectivity index (χ0v) is 12.9. The van der Waals surface area contributed by atoms with Crippen molar-refractivity contribution in [3.63, 3.8) is 0 Å². The quantitative estimate of drug-likeness (QED) is 0.773. The number of fused-ring (bicyclic) bond motifs is 1. The first-order valence-electron chi connectivity index (χ1n) is 7.18. The summed E-state index contributed by atoms with van der Waals surface area (Å²) >= 11 is 0. The lowest BCUT2D eigenvalue weighted by atomic mass is 10.1. The lowest BCUT2D eigenvalue weighted by Crippen LogP contribution is -2.14. The van der Waals surface area contributed by atoms with E-state index in [0.29, 0.717) is 5.69 Å². The van der Waals surface area contributed by atoms with E-state index < -0.39 is 5.97 Å². The number of carboxylic acids is 1. The number of nitrogens with zero attached hydrogens (tertiary/aromatic N) is 2. The van der Waals surface area contributed by atoms with Crippen LogP contribution < -0.4 is 5.69 Å². The molecule has 2 N–H and O–H groups in total. The average molecular weight is 311 g/mol. The lowest BCUT2D eigenvalue weighted by Gasteiger charge is -2.09. The molecule has 0 bridgehead atoms. The maximum atomic E-state index is 12.3. The van der Waals surface area contributed by atoms with Gasteiger partial charge in [0.25, 0.3) is 0 Å². The molecule has 0 unspecified atom stereocenters. The minimum Gasteiger partial charge on any atom is -0.478 e. The number of aromatic carboxylic acids is 1. The lowest BCUT2D eigenvalue weighted by molar-refractivity contribution is 0.0697. The van der Waals surface area contributed by atoms with Gasteiger partial charge in [-0.1, -0.05) is 6.07 Å². The number of hydrogen-bond acceptors (Lipinski definition) is 3. The van der Waals surface area contributed by atoms with Gasteiger partial charge in [-0.25, -0.2) is 9.59 Å². The Hall–Kier alpha value is -2.86. The van der Waals surface area contributed by atoms with Crippen molar-refractivity contribution < 1.29 is 9.90 Å². The number of aromatic amines is 1. The maximum absolute atomic E-state index is 12.3. The van der Waals surface area contributed by atoms with Crippen LogP contribution >= 0.6 is 0 Å². The van der Waals surface area contributed by atoms with E-state index in [1.165, 1.54) is 12.1 Å². The van der Waals surface area contributed by atoms with E-state index in [9.17, 15) is 9.59 Å². The SMILES string of the molecule is CN(C)Cc1ccc2c(c1)[nH]c(=O)n2-c1ccc(C(=O)O)cc1. The topological polar surface area (TPSA) is 78.3 Å². The minimum absolute atomic E-state index is 0.190. The number of benzene rings is 2. The molecule has 0 aliphatic carbocycles. The van der Waals surface area contributed by atoms with E-state index in [0.717, 1.165) is 23.1 Å². The smallest absolute Gasteiger partial charge is 0.335 e. The summed E-state index contributed by atoms with van der Waals surface area (Å²) in [5.74, 6) is -0.990. The first-order valence-corrected chi connectivity index (χ1v) is 7.18. The highest BCUT2D eigenvalue weighted by molar-refractivity contribution is 5.88. The first-order chi connectivity index (χ1) is 11.0. The van der Waals surface area contributed by atoms with Gasteiger partial charge in [-0.05, 0) is 56.1 Å². The monoisotopic (exact) mass is 311 g/mol. The molecule has 3 aromatic rings. The fraction of sp³-hybridized carbons (Fsp3) is 0.176.